The molecule has 0 aliphatic carbocycles. The summed E-state index contributed by atoms with van der Waals surface area (Å²) in [5.74, 6) is -1.96. The number of aliphatic imine (C=N–C) groups is 2. The van der Waals surface area contributed by atoms with Crippen LogP contribution in [0.1, 0.15) is 69.6 Å². The van der Waals surface area contributed by atoms with Gasteiger partial charge in [0.1, 0.15) is 47.4 Å². The minimum absolute atomic E-state index is 0.0882. The van der Waals surface area contributed by atoms with Gasteiger partial charge in [-0.15, -0.1) is 0 Å². The lowest BCUT2D eigenvalue weighted by atomic mass is 10.1. The number of aryl methyl sites for hydroxylation is 1. The fourth-order valence-electron chi connectivity index (χ4n) is 9.45. The van der Waals surface area contributed by atoms with E-state index in [9.17, 15) is 37.5 Å². The lowest BCUT2D eigenvalue weighted by Gasteiger charge is -2.23. The van der Waals surface area contributed by atoms with Crippen LogP contribution in [0.4, 0.5) is 41.1 Å². The van der Waals surface area contributed by atoms with E-state index in [2.05, 4.69) is 40.9 Å². The zero-order valence-corrected chi connectivity index (χ0v) is 49.8. The number of nitrogens with one attached hydrogen (secondary N) is 3. The van der Waals surface area contributed by atoms with Gasteiger partial charge in [-0.3, -0.25) is 48.8 Å². The molecule has 23 heteroatoms. The molecular weight excluding hydrogens is 1180 g/mol. The van der Waals surface area contributed by atoms with Gasteiger partial charge in [0, 0.05) is 30.3 Å². The summed E-state index contributed by atoms with van der Waals surface area (Å²) in [5.41, 5.74) is 6.97. The van der Waals surface area contributed by atoms with E-state index in [0.717, 1.165) is 22.4 Å². The van der Waals surface area contributed by atoms with E-state index in [4.69, 9.17) is 9.47 Å². The molecule has 6 aromatic carbocycles. The second kappa shape index (κ2) is 29.5. The standard InChI is InChI=1S/C34H30FN5O4S.C32H29FN6O4S/c35-25-10-6-12-27(20-25)38-33-40(21-28-11-4-5-18-36-28)32(42)30(45-33)24-14-16-26(17-15-24)37-31(41)29-13-7-19-39(29)34(43)44-22-23-8-2-1-3-9-23;1-20-16-35-27(17-34-20)18-39-30(41)28(44-31(39)38-26-10-6-9-24(33)15-26)23-11-13-25(14-12-23)37-29(40)21(2)36-32(42)43-19-22-7-4-3-5-8-22/h1-6,8-12,14-18,20,29-30H,7,13,19,21-22H2,(H,37,41);3-17,21,28H,18-19H2,1-2H3,(H,36,42)(H,37,40)/t29-,30?;21-,28?/m00/s1. The lowest BCUT2D eigenvalue weighted by Crippen LogP contribution is -2.43. The van der Waals surface area contributed by atoms with Crippen LogP contribution in [0.3, 0.4) is 0 Å². The second-order valence-electron chi connectivity index (χ2n) is 20.6. The van der Waals surface area contributed by atoms with Crippen LogP contribution >= 0.6 is 23.5 Å². The van der Waals surface area contributed by atoms with Gasteiger partial charge in [0.25, 0.3) is 0 Å². The third-order valence-corrected chi connectivity index (χ3v) is 16.5. The largest absolute Gasteiger partial charge is 0.445 e. The minimum Gasteiger partial charge on any atom is -0.445 e. The average Bonchev–Trinajstić information content (AvgIpc) is 1.99. The number of anilines is 2. The van der Waals surface area contributed by atoms with E-state index >= 15 is 0 Å². The highest BCUT2D eigenvalue weighted by Gasteiger charge is 2.41. The Morgan fingerprint density at radius 2 is 1.16 bits per heavy atom. The molecule has 5 heterocycles. The van der Waals surface area contributed by atoms with Gasteiger partial charge in [-0.1, -0.05) is 127 Å². The number of amidine groups is 2. The first-order valence-corrected chi connectivity index (χ1v) is 30.0. The number of alkyl carbamates (subject to hydrolysis) is 1. The molecular formula is C66H59F2N11O8S2. The maximum absolute atomic E-state index is 13.9. The van der Waals surface area contributed by atoms with Crippen molar-refractivity contribution in [3.05, 3.63) is 245 Å². The van der Waals surface area contributed by atoms with Crippen molar-refractivity contribution in [1.29, 1.82) is 0 Å². The van der Waals surface area contributed by atoms with Crippen LogP contribution in [-0.2, 0) is 55.0 Å². The molecule has 3 aliphatic rings. The summed E-state index contributed by atoms with van der Waals surface area (Å²) < 4.78 is 38.4. The summed E-state index contributed by atoms with van der Waals surface area (Å²) in [6.07, 6.45) is 4.91. The summed E-state index contributed by atoms with van der Waals surface area (Å²) in [5, 5.41) is 7.82. The van der Waals surface area contributed by atoms with Crippen LogP contribution in [0.5, 0.6) is 0 Å². The number of hydrogen-bond donors (Lipinski definition) is 3. The first-order chi connectivity index (χ1) is 43.2. The van der Waals surface area contributed by atoms with Crippen molar-refractivity contribution in [2.45, 2.75) is 75.6 Å². The van der Waals surface area contributed by atoms with E-state index in [1.165, 1.54) is 57.6 Å². The number of hydrogen-bond acceptors (Lipinski definition) is 15. The smallest absolute Gasteiger partial charge is 0.410 e. The van der Waals surface area contributed by atoms with Gasteiger partial charge in [-0.05, 0) is 122 Å². The number of aromatic nitrogens is 3. The molecule has 3 aliphatic heterocycles. The molecule has 6 amide bonds. The Balaban J connectivity index is 0.000000196. The van der Waals surface area contributed by atoms with Crippen molar-refractivity contribution in [3.8, 4) is 0 Å². The van der Waals surface area contributed by atoms with Crippen molar-refractivity contribution in [3.63, 3.8) is 0 Å². The van der Waals surface area contributed by atoms with E-state index in [1.54, 1.807) is 109 Å². The summed E-state index contributed by atoms with van der Waals surface area (Å²) in [4.78, 5) is 105. The molecule has 452 valence electrons. The second-order valence-corrected chi connectivity index (χ2v) is 22.7. The Morgan fingerprint density at radius 3 is 1.69 bits per heavy atom. The number of thioether (sulfide) groups is 2. The number of carbonyl (C=O) groups is 6. The summed E-state index contributed by atoms with van der Waals surface area (Å²) >= 11 is 2.52. The van der Waals surface area contributed by atoms with Gasteiger partial charge in [0.15, 0.2) is 10.3 Å². The average molecular weight is 1240 g/mol. The molecule has 3 N–H and O–H groups in total. The molecule has 89 heavy (non-hydrogen) atoms. The number of ether oxygens (including phenoxy) is 2. The van der Waals surface area contributed by atoms with Crippen LogP contribution in [0.2, 0.25) is 0 Å². The van der Waals surface area contributed by atoms with Crippen molar-refractivity contribution in [2.24, 2.45) is 9.98 Å². The number of carbonyl (C=O) groups excluding carboxylic acids is 6. The van der Waals surface area contributed by atoms with Crippen molar-refractivity contribution in [2.75, 3.05) is 17.2 Å². The van der Waals surface area contributed by atoms with Crippen molar-refractivity contribution in [1.82, 2.24) is 35.0 Å². The fraction of sp³-hybridized carbons (Fsp3) is 0.197. The van der Waals surface area contributed by atoms with Crippen molar-refractivity contribution < 1.29 is 47.0 Å². The van der Waals surface area contributed by atoms with Gasteiger partial charge in [0.05, 0.1) is 47.7 Å². The molecule has 19 nitrogen and oxygen atoms in total. The Morgan fingerprint density at radius 1 is 0.618 bits per heavy atom. The van der Waals surface area contributed by atoms with Crippen LogP contribution in [-0.4, -0.2) is 94.4 Å². The first kappa shape index (κ1) is 61.9. The molecule has 2 aromatic heterocycles. The van der Waals surface area contributed by atoms with E-state index < -0.39 is 52.3 Å². The Labute approximate surface area is 520 Å². The van der Waals surface area contributed by atoms with E-state index in [0.29, 0.717) is 69.4 Å². The van der Waals surface area contributed by atoms with Gasteiger partial charge in [-0.25, -0.2) is 28.4 Å². The zero-order chi connectivity index (χ0) is 62.2. The van der Waals surface area contributed by atoms with Gasteiger partial charge in [0.2, 0.25) is 23.6 Å². The summed E-state index contributed by atoms with van der Waals surface area (Å²) in [6, 6.07) is 48.2. The highest BCUT2D eigenvalue weighted by molar-refractivity contribution is 8.15. The molecule has 3 fully saturated rings. The SMILES string of the molecule is Cc1cnc(CN2C(=O)C(c3ccc(NC(=O)[C@H](C)NC(=O)OCc4ccccc4)cc3)SC2=Nc2cccc(F)c2)cn1.O=C(Nc1ccc(C2SC(=Nc3cccc(F)c3)N(Cc3ccccn3)C2=O)cc1)[C@@H]1CCCN1C(=O)OCc1ccccc1. The normalized spacial score (nSPS) is 17.4. The number of likely N-dealkylation sites (tertiary alicyclic amines) is 1. The van der Waals surface area contributed by atoms with Gasteiger partial charge in [-0.2, -0.15) is 0 Å². The van der Waals surface area contributed by atoms with Crippen LogP contribution in [0, 0.1) is 18.6 Å². The molecule has 4 atom stereocenters. The number of amides is 6. The zero-order valence-electron chi connectivity index (χ0n) is 48.2. The Kier molecular flexibility index (Phi) is 20.5. The molecule has 11 rings (SSSR count). The summed E-state index contributed by atoms with van der Waals surface area (Å²) in [7, 11) is 0. The molecule has 0 spiro atoms. The fourth-order valence-corrected chi connectivity index (χ4v) is 11.8. The molecule has 0 bridgehead atoms. The number of halogens is 2. The number of nitrogens with zero attached hydrogens (tertiary/aromatic N) is 8. The number of rotatable bonds is 17. The highest BCUT2D eigenvalue weighted by atomic mass is 32.2. The topological polar surface area (TPSA) is 230 Å². The number of pyridine rings is 1. The minimum atomic E-state index is -0.857. The molecule has 2 unspecified atom stereocenters. The lowest BCUT2D eigenvalue weighted by molar-refractivity contribution is -0.127. The quantitative estimate of drug-likeness (QED) is 0.0771. The third-order valence-electron chi connectivity index (χ3n) is 14.1. The van der Waals surface area contributed by atoms with Gasteiger partial charge >= 0.3 is 12.2 Å². The first-order valence-electron chi connectivity index (χ1n) is 28.3. The molecule has 3 saturated heterocycles. The van der Waals surface area contributed by atoms with Crippen LogP contribution in [0.25, 0.3) is 0 Å². The van der Waals surface area contributed by atoms with Crippen LogP contribution < -0.4 is 16.0 Å². The Bertz CT molecular complexity index is 3880. The third kappa shape index (κ3) is 16.7. The number of benzene rings is 6. The highest BCUT2D eigenvalue weighted by Crippen LogP contribution is 2.43. The Hall–Kier alpha value is -10.1. The molecule has 0 saturated carbocycles. The van der Waals surface area contributed by atoms with Crippen LogP contribution in [0.15, 0.2) is 204 Å². The predicted octanol–water partition coefficient (Wildman–Crippen LogP) is 12.1. The maximum Gasteiger partial charge on any atom is 0.410 e. The molecule has 8 aromatic rings. The van der Waals surface area contributed by atoms with E-state index in [1.807, 2.05) is 79.7 Å². The maximum atomic E-state index is 13.9. The van der Waals surface area contributed by atoms with Crippen molar-refractivity contribution >= 4 is 92.4 Å². The monoisotopic (exact) mass is 1240 g/mol. The summed E-state index contributed by atoms with van der Waals surface area (Å²) in [6.45, 7) is 4.41. The molecule has 0 radical (unpaired) electrons. The van der Waals surface area contributed by atoms with Gasteiger partial charge < -0.3 is 25.4 Å². The van der Waals surface area contributed by atoms with E-state index in [-0.39, 0.29) is 44.0 Å². The predicted molar refractivity (Wildman–Crippen MR) is 335 cm³/mol.